The molecule has 2 aliphatic heterocycles. The van der Waals surface area contributed by atoms with Crippen molar-refractivity contribution < 1.29 is 57.4 Å². The molecule has 4 aromatic carbocycles. The molecular formula is C46H44N8O8Zn. The van der Waals surface area contributed by atoms with Crippen LogP contribution in [0.2, 0.25) is 0 Å². The van der Waals surface area contributed by atoms with Gasteiger partial charge in [0.25, 0.3) is 0 Å². The number of nitrogens with zero attached hydrogens (tertiary/aromatic N) is 8. The largest absolute Gasteiger partial charge is 2.00 e. The molecule has 8 bridgehead atoms. The summed E-state index contributed by atoms with van der Waals surface area (Å²) in [5, 5.41) is 2.85. The molecule has 17 heteroatoms. The second-order valence-corrected chi connectivity index (χ2v) is 14.1. The predicted octanol–water partition coefficient (Wildman–Crippen LogP) is 6.24. The molecule has 318 valence electrons. The summed E-state index contributed by atoms with van der Waals surface area (Å²) in [5.74, 6) is 2.94. The normalized spacial score (nSPS) is 11.7. The molecule has 0 aliphatic carbocycles. The molecule has 63 heavy (non-hydrogen) atoms. The zero-order chi connectivity index (χ0) is 42.1. The Morgan fingerprint density at radius 1 is 0.365 bits per heavy atom. The van der Waals surface area contributed by atoms with E-state index >= 15 is 0 Å². The van der Waals surface area contributed by atoms with E-state index in [-0.39, 0.29) is 19.5 Å². The van der Waals surface area contributed by atoms with Crippen LogP contribution in [-0.4, -0.2) is 123 Å². The third-order valence-corrected chi connectivity index (χ3v) is 10.1. The van der Waals surface area contributed by atoms with Crippen LogP contribution in [0.3, 0.4) is 0 Å². The van der Waals surface area contributed by atoms with E-state index in [4.69, 9.17) is 77.8 Å². The van der Waals surface area contributed by atoms with Crippen LogP contribution >= 0.6 is 0 Å². The molecule has 3 aromatic heterocycles. The van der Waals surface area contributed by atoms with Crippen LogP contribution in [0.1, 0.15) is 0 Å². The predicted molar refractivity (Wildman–Crippen MR) is 232 cm³/mol. The van der Waals surface area contributed by atoms with Gasteiger partial charge in [-0.3, -0.25) is 0 Å². The third kappa shape index (κ3) is 9.75. The molecule has 16 nitrogen and oxygen atoms in total. The summed E-state index contributed by atoms with van der Waals surface area (Å²) >= 11 is 0. The van der Waals surface area contributed by atoms with Crippen molar-refractivity contribution in [2.75, 3.05) is 93.5 Å². The number of ether oxygens (including phenoxy) is 8. The van der Waals surface area contributed by atoms with Crippen LogP contribution in [0.15, 0.2) is 84.9 Å². The molecule has 9 rings (SSSR count). The van der Waals surface area contributed by atoms with Gasteiger partial charge in [0.1, 0.15) is 24.7 Å². The van der Waals surface area contributed by atoms with Gasteiger partial charge in [0.15, 0.2) is 0 Å². The minimum Gasteiger partial charge on any atom is -0.491 e. The van der Waals surface area contributed by atoms with Crippen molar-refractivity contribution >= 4 is 44.1 Å². The SMILES string of the molecule is COCCOCCOCCOc1cccc2c3nc4nc(nc5[n-]c(nc6nc(nc([n-]3)c12)-c1ccccc1-6)c1c(OCCOCCOCCOC)cccc51)-c1ccccc1-4.[Zn+2]. The Hall–Kier alpha value is -5.78. The minimum atomic E-state index is 0. The summed E-state index contributed by atoms with van der Waals surface area (Å²) in [6.07, 6.45) is 0. The molecule has 0 N–H and O–H groups in total. The van der Waals surface area contributed by atoms with Gasteiger partial charge in [-0.25, -0.2) is 9.97 Å². The average Bonchev–Trinajstić information content (AvgIpc) is 4.04. The molecule has 7 aromatic rings. The van der Waals surface area contributed by atoms with Crippen LogP contribution in [0.25, 0.3) is 89.7 Å². The quantitative estimate of drug-likeness (QED) is 0.0619. The van der Waals surface area contributed by atoms with Gasteiger partial charge in [-0.15, -0.1) is 0 Å². The zero-order valence-corrected chi connectivity index (χ0v) is 38.1. The van der Waals surface area contributed by atoms with Gasteiger partial charge in [0.05, 0.1) is 89.4 Å². The molecule has 5 heterocycles. The van der Waals surface area contributed by atoms with Crippen molar-refractivity contribution in [3.8, 4) is 57.1 Å². The first kappa shape index (κ1) is 43.9. The van der Waals surface area contributed by atoms with Crippen LogP contribution in [-0.2, 0) is 47.9 Å². The first-order valence-electron chi connectivity index (χ1n) is 20.4. The fourth-order valence-corrected chi connectivity index (χ4v) is 7.18. The van der Waals surface area contributed by atoms with E-state index in [0.717, 1.165) is 33.0 Å². The van der Waals surface area contributed by atoms with Crippen LogP contribution in [0, 0.1) is 0 Å². The van der Waals surface area contributed by atoms with Crippen molar-refractivity contribution in [2.24, 2.45) is 0 Å². The standard InChI is InChI=1S/C46H44N8O8.Zn/c1-55-17-19-57-21-23-59-25-27-61-35-15-7-13-33-37(35)45-51-41-31-11-5-6-12-32(31)42(48-41)52-46-38-34(14-8-16-36(38)62-28-26-60-24-22-58-20-18-56-2)44(54-46)50-40-30-10-4-3-9-29(30)39(47-40)49-43(33)53-45;/h3-16H,17-28H2,1-2H3;/q-2;+2. The summed E-state index contributed by atoms with van der Waals surface area (Å²) in [4.78, 5) is 40.4. The van der Waals surface area contributed by atoms with E-state index in [0.29, 0.717) is 147 Å². The van der Waals surface area contributed by atoms with E-state index in [1.807, 2.05) is 84.9 Å². The fourth-order valence-electron chi connectivity index (χ4n) is 7.18. The summed E-state index contributed by atoms with van der Waals surface area (Å²) < 4.78 is 45.3. The van der Waals surface area contributed by atoms with E-state index in [1.165, 1.54) is 0 Å². The second-order valence-electron chi connectivity index (χ2n) is 14.1. The number of hydrogen-bond donors (Lipinski definition) is 0. The maximum Gasteiger partial charge on any atom is 2.00 e. The van der Waals surface area contributed by atoms with Gasteiger partial charge < -0.3 is 67.8 Å². The van der Waals surface area contributed by atoms with E-state index < -0.39 is 0 Å². The summed E-state index contributed by atoms with van der Waals surface area (Å²) in [6, 6.07) is 27.2. The maximum absolute atomic E-state index is 6.34. The van der Waals surface area contributed by atoms with Crippen molar-refractivity contribution in [2.45, 2.75) is 0 Å². The van der Waals surface area contributed by atoms with Crippen LogP contribution in [0.4, 0.5) is 0 Å². The van der Waals surface area contributed by atoms with Crippen LogP contribution < -0.4 is 19.4 Å². The summed E-state index contributed by atoms with van der Waals surface area (Å²) in [7, 11) is 3.28. The molecule has 0 spiro atoms. The number of benzene rings is 4. The first-order valence-corrected chi connectivity index (χ1v) is 20.4. The Morgan fingerprint density at radius 3 is 1.06 bits per heavy atom. The molecule has 0 fully saturated rings. The van der Waals surface area contributed by atoms with Crippen molar-refractivity contribution in [1.29, 1.82) is 0 Å². The first-order chi connectivity index (χ1) is 30.7. The zero-order valence-electron chi connectivity index (χ0n) is 35.1. The maximum atomic E-state index is 6.34. The average molecular weight is 902 g/mol. The van der Waals surface area contributed by atoms with Crippen molar-refractivity contribution in [3.63, 3.8) is 0 Å². The Kier molecular flexibility index (Phi) is 14.7. The fraction of sp³-hybridized carbons (Fsp3) is 0.304. The molecule has 0 saturated carbocycles. The number of hydrogen-bond acceptors (Lipinski definition) is 14. The Balaban J connectivity index is 0.00000544. The van der Waals surface area contributed by atoms with Gasteiger partial charge in [-0.2, -0.15) is 0 Å². The number of methoxy groups -OCH3 is 2. The third-order valence-electron chi connectivity index (χ3n) is 10.1. The van der Waals surface area contributed by atoms with E-state index in [9.17, 15) is 0 Å². The molecule has 0 radical (unpaired) electrons. The monoisotopic (exact) mass is 900 g/mol. The molecule has 2 aliphatic rings. The number of rotatable bonds is 20. The van der Waals surface area contributed by atoms with Gasteiger partial charge in [0.2, 0.25) is 0 Å². The van der Waals surface area contributed by atoms with Crippen molar-refractivity contribution in [3.05, 3.63) is 84.9 Å². The molecular weight excluding hydrogens is 858 g/mol. The summed E-state index contributed by atoms with van der Waals surface area (Å²) in [6.45, 7) is 5.19. The van der Waals surface area contributed by atoms with E-state index in [1.54, 1.807) is 14.2 Å². The van der Waals surface area contributed by atoms with Gasteiger partial charge >= 0.3 is 19.5 Å². The molecule has 0 unspecified atom stereocenters. The van der Waals surface area contributed by atoms with Gasteiger partial charge in [0, 0.05) is 69.8 Å². The smallest absolute Gasteiger partial charge is 0.491 e. The topological polar surface area (TPSA) is 179 Å². The van der Waals surface area contributed by atoms with Crippen molar-refractivity contribution in [1.82, 2.24) is 39.9 Å². The van der Waals surface area contributed by atoms with Gasteiger partial charge in [-0.1, -0.05) is 72.8 Å². The number of fused-ring (bicyclic) bond motifs is 20. The Morgan fingerprint density at radius 2 is 0.698 bits per heavy atom. The molecule has 0 saturated heterocycles. The Bertz CT molecular complexity index is 2670. The van der Waals surface area contributed by atoms with Crippen LogP contribution in [0.5, 0.6) is 11.5 Å². The minimum absolute atomic E-state index is 0. The number of aromatic nitrogens is 8. The second kappa shape index (κ2) is 21.1. The molecule has 0 atom stereocenters. The summed E-state index contributed by atoms with van der Waals surface area (Å²) in [5.41, 5.74) is 4.84. The Labute approximate surface area is 375 Å². The molecule has 0 amide bonds. The van der Waals surface area contributed by atoms with Gasteiger partial charge in [-0.05, 0) is 22.9 Å². The van der Waals surface area contributed by atoms with E-state index in [2.05, 4.69) is 0 Å².